The molecular formula is C13H17BrN2O4. The predicted octanol–water partition coefficient (Wildman–Crippen LogP) is 2.10. The van der Waals surface area contributed by atoms with Gasteiger partial charge in [-0.05, 0) is 31.5 Å². The number of amides is 2. The summed E-state index contributed by atoms with van der Waals surface area (Å²) in [6.45, 7) is 3.05. The second kappa shape index (κ2) is 6.71. The first kappa shape index (κ1) is 16.5. The molecule has 1 atom stereocenters. The number of carboxylic acid groups (broad SMARTS) is 1. The first-order valence-corrected chi connectivity index (χ1v) is 6.75. The molecule has 1 aromatic carbocycles. The number of carbonyl (C=O) groups is 2. The van der Waals surface area contributed by atoms with Crippen molar-refractivity contribution < 1.29 is 19.8 Å². The van der Waals surface area contributed by atoms with Crippen molar-refractivity contribution in [1.82, 2.24) is 5.32 Å². The molecule has 2 amide bonds. The lowest BCUT2D eigenvalue weighted by molar-refractivity contribution is -0.141. The van der Waals surface area contributed by atoms with Gasteiger partial charge in [-0.1, -0.05) is 22.0 Å². The molecular weight excluding hydrogens is 328 g/mol. The lowest BCUT2D eigenvalue weighted by Gasteiger charge is -2.21. The fraction of sp³-hybridized carbons (Fsp3) is 0.385. The third-order valence-electron chi connectivity index (χ3n) is 2.68. The molecule has 0 aliphatic rings. The Morgan fingerprint density at radius 2 is 2.05 bits per heavy atom. The van der Waals surface area contributed by atoms with Crippen molar-refractivity contribution in [3.05, 3.63) is 28.2 Å². The van der Waals surface area contributed by atoms with Gasteiger partial charge in [0.05, 0.1) is 12.0 Å². The van der Waals surface area contributed by atoms with E-state index in [0.717, 1.165) is 10.0 Å². The predicted molar refractivity (Wildman–Crippen MR) is 78.8 cm³/mol. The molecule has 110 valence electrons. The Balaban J connectivity index is 2.56. The van der Waals surface area contributed by atoms with Gasteiger partial charge in [0, 0.05) is 16.7 Å². The number of nitrogens with one attached hydrogen (secondary N) is 2. The SMILES string of the molecule is Cc1c(Br)cccc1NC(=O)NCC(C)(O)CC(=O)O. The van der Waals surface area contributed by atoms with Crippen LogP contribution in [0.1, 0.15) is 18.9 Å². The van der Waals surface area contributed by atoms with Crippen molar-refractivity contribution in [2.75, 3.05) is 11.9 Å². The molecule has 0 aliphatic carbocycles. The average Bonchev–Trinajstić information content (AvgIpc) is 2.31. The largest absolute Gasteiger partial charge is 0.481 e. The molecule has 1 unspecified atom stereocenters. The van der Waals surface area contributed by atoms with Crippen LogP contribution in [0, 0.1) is 6.92 Å². The van der Waals surface area contributed by atoms with Gasteiger partial charge in [-0.2, -0.15) is 0 Å². The number of carbonyl (C=O) groups excluding carboxylic acids is 1. The van der Waals surface area contributed by atoms with Crippen LogP contribution in [-0.2, 0) is 4.79 Å². The summed E-state index contributed by atoms with van der Waals surface area (Å²) >= 11 is 3.36. The Bertz CT molecular complexity index is 517. The van der Waals surface area contributed by atoms with E-state index in [2.05, 4.69) is 26.6 Å². The van der Waals surface area contributed by atoms with Gasteiger partial charge in [-0.25, -0.2) is 4.79 Å². The number of urea groups is 1. The van der Waals surface area contributed by atoms with Crippen LogP contribution < -0.4 is 10.6 Å². The highest BCUT2D eigenvalue weighted by molar-refractivity contribution is 9.10. The molecule has 1 aromatic rings. The highest BCUT2D eigenvalue weighted by atomic mass is 79.9. The number of aliphatic hydroxyl groups is 1. The molecule has 0 saturated heterocycles. The van der Waals surface area contributed by atoms with Gasteiger partial charge in [0.2, 0.25) is 0 Å². The molecule has 0 spiro atoms. The molecule has 0 aliphatic heterocycles. The lowest BCUT2D eigenvalue weighted by atomic mass is 10.0. The Morgan fingerprint density at radius 1 is 1.40 bits per heavy atom. The topological polar surface area (TPSA) is 98.7 Å². The zero-order chi connectivity index (χ0) is 15.3. The van der Waals surface area contributed by atoms with Crippen LogP contribution in [0.2, 0.25) is 0 Å². The molecule has 0 radical (unpaired) electrons. The minimum Gasteiger partial charge on any atom is -0.481 e. The van der Waals surface area contributed by atoms with Crippen LogP contribution >= 0.6 is 15.9 Å². The number of aliphatic carboxylic acids is 1. The summed E-state index contributed by atoms with van der Waals surface area (Å²) in [5, 5.41) is 23.5. The summed E-state index contributed by atoms with van der Waals surface area (Å²) < 4.78 is 0.869. The van der Waals surface area contributed by atoms with Crippen molar-refractivity contribution in [3.63, 3.8) is 0 Å². The fourth-order valence-corrected chi connectivity index (χ4v) is 1.93. The molecule has 0 fully saturated rings. The highest BCUT2D eigenvalue weighted by Crippen LogP contribution is 2.23. The summed E-state index contributed by atoms with van der Waals surface area (Å²) in [6, 6.07) is 4.88. The maximum Gasteiger partial charge on any atom is 0.319 e. The van der Waals surface area contributed by atoms with Crippen LogP contribution in [0.15, 0.2) is 22.7 Å². The Morgan fingerprint density at radius 3 is 2.65 bits per heavy atom. The number of halogens is 1. The standard InChI is InChI=1S/C13H17BrN2O4/c1-8-9(14)4-3-5-10(8)16-12(19)15-7-13(2,20)6-11(17)18/h3-5,20H,6-7H2,1-2H3,(H,17,18)(H2,15,16,19). The van der Waals surface area contributed by atoms with E-state index < -0.39 is 24.0 Å². The van der Waals surface area contributed by atoms with E-state index in [1.54, 1.807) is 12.1 Å². The number of hydrogen-bond acceptors (Lipinski definition) is 3. The molecule has 4 N–H and O–H groups in total. The van der Waals surface area contributed by atoms with E-state index in [4.69, 9.17) is 5.11 Å². The van der Waals surface area contributed by atoms with E-state index >= 15 is 0 Å². The maximum atomic E-state index is 11.7. The van der Waals surface area contributed by atoms with Crippen molar-refractivity contribution >= 4 is 33.6 Å². The monoisotopic (exact) mass is 344 g/mol. The van der Waals surface area contributed by atoms with E-state index in [1.807, 2.05) is 13.0 Å². The third kappa shape index (κ3) is 5.18. The summed E-state index contributed by atoms with van der Waals surface area (Å²) in [5.74, 6) is -1.12. The molecule has 0 bridgehead atoms. The molecule has 7 heteroatoms. The van der Waals surface area contributed by atoms with Crippen molar-refractivity contribution in [2.45, 2.75) is 25.9 Å². The Labute approximate surface area is 125 Å². The number of rotatable bonds is 5. The van der Waals surface area contributed by atoms with Gasteiger partial charge in [0.1, 0.15) is 0 Å². The van der Waals surface area contributed by atoms with Gasteiger partial charge in [-0.3, -0.25) is 4.79 Å². The van der Waals surface area contributed by atoms with Crippen molar-refractivity contribution in [3.8, 4) is 0 Å². The van der Waals surface area contributed by atoms with E-state index in [-0.39, 0.29) is 6.54 Å². The first-order chi connectivity index (χ1) is 9.21. The molecule has 20 heavy (non-hydrogen) atoms. The van der Waals surface area contributed by atoms with Crippen LogP contribution in [0.3, 0.4) is 0 Å². The summed E-state index contributed by atoms with van der Waals surface area (Å²) in [7, 11) is 0. The third-order valence-corrected chi connectivity index (χ3v) is 3.54. The van der Waals surface area contributed by atoms with E-state index in [1.165, 1.54) is 6.92 Å². The van der Waals surface area contributed by atoms with Crippen LogP contribution in [0.4, 0.5) is 10.5 Å². The lowest BCUT2D eigenvalue weighted by Crippen LogP contribution is -2.43. The Kier molecular flexibility index (Phi) is 5.52. The van der Waals surface area contributed by atoms with Crippen LogP contribution in [0.25, 0.3) is 0 Å². The average molecular weight is 345 g/mol. The second-order valence-electron chi connectivity index (χ2n) is 4.79. The van der Waals surface area contributed by atoms with E-state index in [9.17, 15) is 14.7 Å². The van der Waals surface area contributed by atoms with Gasteiger partial charge >= 0.3 is 12.0 Å². The molecule has 0 saturated carbocycles. The molecule has 0 heterocycles. The summed E-state index contributed by atoms with van der Waals surface area (Å²) in [5.41, 5.74) is 0.0184. The smallest absolute Gasteiger partial charge is 0.319 e. The normalized spacial score (nSPS) is 13.4. The fourth-order valence-electron chi connectivity index (χ4n) is 1.57. The molecule has 0 aromatic heterocycles. The quantitative estimate of drug-likeness (QED) is 0.657. The highest BCUT2D eigenvalue weighted by Gasteiger charge is 2.24. The number of hydrogen-bond donors (Lipinski definition) is 4. The summed E-state index contributed by atoms with van der Waals surface area (Å²) in [4.78, 5) is 22.3. The number of anilines is 1. The maximum absolute atomic E-state index is 11.7. The summed E-state index contributed by atoms with van der Waals surface area (Å²) in [6.07, 6.45) is -0.441. The van der Waals surface area contributed by atoms with Crippen molar-refractivity contribution in [1.29, 1.82) is 0 Å². The minimum atomic E-state index is -1.49. The molecule has 6 nitrogen and oxygen atoms in total. The van der Waals surface area contributed by atoms with E-state index in [0.29, 0.717) is 5.69 Å². The zero-order valence-electron chi connectivity index (χ0n) is 11.2. The van der Waals surface area contributed by atoms with Gasteiger partial charge < -0.3 is 20.8 Å². The number of benzene rings is 1. The van der Waals surface area contributed by atoms with Crippen molar-refractivity contribution in [2.24, 2.45) is 0 Å². The van der Waals surface area contributed by atoms with Crippen LogP contribution in [-0.4, -0.2) is 34.4 Å². The Hall–Kier alpha value is -1.60. The zero-order valence-corrected chi connectivity index (χ0v) is 12.8. The minimum absolute atomic E-state index is 0.155. The van der Waals surface area contributed by atoms with Gasteiger partial charge in [0.25, 0.3) is 0 Å². The number of carboxylic acids is 1. The molecule has 1 rings (SSSR count). The first-order valence-electron chi connectivity index (χ1n) is 5.95. The second-order valence-corrected chi connectivity index (χ2v) is 5.64. The van der Waals surface area contributed by atoms with Gasteiger partial charge in [-0.15, -0.1) is 0 Å². The van der Waals surface area contributed by atoms with Crippen LogP contribution in [0.5, 0.6) is 0 Å². The van der Waals surface area contributed by atoms with Gasteiger partial charge in [0.15, 0.2) is 0 Å².